The minimum Gasteiger partial charge on any atom is -0.300 e. The van der Waals surface area contributed by atoms with Crippen LogP contribution in [0.15, 0.2) is 28.1 Å². The second kappa shape index (κ2) is 4.26. The van der Waals surface area contributed by atoms with E-state index in [0.29, 0.717) is 20.9 Å². The summed E-state index contributed by atoms with van der Waals surface area (Å²) in [5.74, 6) is 4.89. The Morgan fingerprint density at radius 1 is 1.47 bits per heavy atom. The third-order valence-corrected chi connectivity index (χ3v) is 3.10. The molecule has 0 aliphatic carbocycles. The predicted octanol–water partition coefficient (Wildman–Crippen LogP) is 3.00. The van der Waals surface area contributed by atoms with Gasteiger partial charge in [-0.25, -0.2) is 15.2 Å². The lowest BCUT2D eigenvalue weighted by Gasteiger charge is -1.99. The number of hydrazine groups is 1. The molecule has 3 nitrogen and oxygen atoms in total. The first-order valence-corrected chi connectivity index (χ1v) is 5.75. The molecular weight excluding hydrogens is 281 g/mol. The standard InChI is InChI=1S/C9H7BrFN3S/c10-5-1-2-6(7(11)3-5)8-4-15-9(13-8)14-12/h1-4H,12H2,(H,13,14). The molecule has 2 aromatic rings. The summed E-state index contributed by atoms with van der Waals surface area (Å²) in [7, 11) is 0. The number of rotatable bonds is 2. The Morgan fingerprint density at radius 3 is 2.87 bits per heavy atom. The van der Waals surface area contributed by atoms with Crippen molar-refractivity contribution in [3.8, 4) is 11.3 Å². The van der Waals surface area contributed by atoms with Gasteiger partial charge in [0.15, 0.2) is 5.13 Å². The predicted molar refractivity (Wildman–Crippen MR) is 63.0 cm³/mol. The first-order valence-electron chi connectivity index (χ1n) is 4.08. The van der Waals surface area contributed by atoms with E-state index in [-0.39, 0.29) is 5.82 Å². The van der Waals surface area contributed by atoms with Gasteiger partial charge in [-0.3, -0.25) is 5.43 Å². The first kappa shape index (κ1) is 10.5. The molecule has 0 bridgehead atoms. The third-order valence-electron chi connectivity index (χ3n) is 1.83. The molecule has 0 amide bonds. The Balaban J connectivity index is 2.44. The Morgan fingerprint density at radius 2 is 2.27 bits per heavy atom. The fourth-order valence-electron chi connectivity index (χ4n) is 1.16. The van der Waals surface area contributed by atoms with Gasteiger partial charge in [-0.1, -0.05) is 15.9 Å². The van der Waals surface area contributed by atoms with E-state index in [1.54, 1.807) is 17.5 Å². The zero-order chi connectivity index (χ0) is 10.8. The van der Waals surface area contributed by atoms with Gasteiger partial charge in [0.05, 0.1) is 5.69 Å². The monoisotopic (exact) mass is 287 g/mol. The van der Waals surface area contributed by atoms with Crippen molar-refractivity contribution in [3.63, 3.8) is 0 Å². The summed E-state index contributed by atoms with van der Waals surface area (Å²) in [6, 6.07) is 4.85. The number of halogens is 2. The molecule has 0 saturated carbocycles. The van der Waals surface area contributed by atoms with E-state index < -0.39 is 0 Å². The van der Waals surface area contributed by atoms with Gasteiger partial charge in [0, 0.05) is 15.4 Å². The topological polar surface area (TPSA) is 50.9 Å². The zero-order valence-electron chi connectivity index (χ0n) is 7.50. The number of nitrogen functional groups attached to an aromatic ring is 1. The fourth-order valence-corrected chi connectivity index (χ4v) is 2.12. The van der Waals surface area contributed by atoms with Gasteiger partial charge in [0.2, 0.25) is 0 Å². The van der Waals surface area contributed by atoms with Gasteiger partial charge < -0.3 is 0 Å². The number of hydrogen-bond donors (Lipinski definition) is 2. The molecule has 78 valence electrons. The number of aromatic nitrogens is 1. The highest BCUT2D eigenvalue weighted by Crippen LogP contribution is 2.28. The van der Waals surface area contributed by atoms with Crippen LogP contribution < -0.4 is 11.3 Å². The highest BCUT2D eigenvalue weighted by Gasteiger charge is 2.08. The van der Waals surface area contributed by atoms with Crippen molar-refractivity contribution in [2.24, 2.45) is 5.84 Å². The van der Waals surface area contributed by atoms with E-state index in [0.717, 1.165) is 0 Å². The second-order valence-corrected chi connectivity index (χ2v) is 4.58. The average Bonchev–Trinajstić information content (AvgIpc) is 2.66. The van der Waals surface area contributed by atoms with E-state index in [1.165, 1.54) is 17.4 Å². The number of benzene rings is 1. The lowest BCUT2D eigenvalue weighted by atomic mass is 10.2. The summed E-state index contributed by atoms with van der Waals surface area (Å²) >= 11 is 4.53. The van der Waals surface area contributed by atoms with E-state index in [2.05, 4.69) is 26.3 Å². The molecule has 6 heteroatoms. The highest BCUT2D eigenvalue weighted by atomic mass is 79.9. The number of nitrogens with two attached hydrogens (primary N) is 1. The van der Waals surface area contributed by atoms with Crippen molar-refractivity contribution in [2.45, 2.75) is 0 Å². The minimum atomic E-state index is -0.307. The van der Waals surface area contributed by atoms with Crippen molar-refractivity contribution in [1.29, 1.82) is 0 Å². The summed E-state index contributed by atoms with van der Waals surface area (Å²) in [5, 5.41) is 2.31. The minimum absolute atomic E-state index is 0.307. The zero-order valence-corrected chi connectivity index (χ0v) is 9.90. The van der Waals surface area contributed by atoms with E-state index in [9.17, 15) is 4.39 Å². The summed E-state index contributed by atoms with van der Waals surface area (Å²) in [5.41, 5.74) is 3.47. The van der Waals surface area contributed by atoms with Crippen LogP contribution in [0, 0.1) is 5.82 Å². The van der Waals surface area contributed by atoms with Crippen LogP contribution in [0.2, 0.25) is 0 Å². The maximum absolute atomic E-state index is 13.5. The van der Waals surface area contributed by atoms with Gasteiger partial charge in [-0.05, 0) is 18.2 Å². The molecule has 0 fully saturated rings. The molecule has 0 unspecified atom stereocenters. The average molecular weight is 288 g/mol. The molecule has 0 saturated heterocycles. The van der Waals surface area contributed by atoms with E-state index >= 15 is 0 Å². The fraction of sp³-hybridized carbons (Fsp3) is 0. The summed E-state index contributed by atoms with van der Waals surface area (Å²) in [6.07, 6.45) is 0. The molecule has 15 heavy (non-hydrogen) atoms. The molecule has 3 N–H and O–H groups in total. The largest absolute Gasteiger partial charge is 0.300 e. The van der Waals surface area contributed by atoms with Crippen molar-refractivity contribution in [1.82, 2.24) is 4.98 Å². The molecule has 2 rings (SSSR count). The Bertz CT molecular complexity index is 486. The maximum atomic E-state index is 13.5. The van der Waals surface area contributed by atoms with Crippen LogP contribution >= 0.6 is 27.3 Å². The van der Waals surface area contributed by atoms with Gasteiger partial charge in [0.25, 0.3) is 0 Å². The van der Waals surface area contributed by atoms with Crippen LogP contribution in [0.5, 0.6) is 0 Å². The summed E-state index contributed by atoms with van der Waals surface area (Å²) < 4.78 is 14.2. The van der Waals surface area contributed by atoms with Crippen molar-refractivity contribution in [2.75, 3.05) is 5.43 Å². The molecule has 1 aromatic carbocycles. The normalized spacial score (nSPS) is 10.3. The molecule has 0 aliphatic heterocycles. The molecule has 0 radical (unpaired) electrons. The van der Waals surface area contributed by atoms with Crippen LogP contribution in [0.4, 0.5) is 9.52 Å². The molecule has 1 heterocycles. The lowest BCUT2D eigenvalue weighted by molar-refractivity contribution is 0.630. The molecular formula is C9H7BrFN3S. The number of thiazole rings is 1. The quantitative estimate of drug-likeness (QED) is 0.659. The Hall–Kier alpha value is -0.980. The van der Waals surface area contributed by atoms with Crippen molar-refractivity contribution >= 4 is 32.4 Å². The van der Waals surface area contributed by atoms with Crippen LogP contribution in [-0.2, 0) is 0 Å². The van der Waals surface area contributed by atoms with Crippen molar-refractivity contribution in [3.05, 3.63) is 33.9 Å². The van der Waals surface area contributed by atoms with Gasteiger partial charge in [0.1, 0.15) is 5.82 Å². The smallest absolute Gasteiger partial charge is 0.197 e. The molecule has 1 aromatic heterocycles. The lowest BCUT2D eigenvalue weighted by Crippen LogP contribution is -2.05. The number of hydrogen-bond acceptors (Lipinski definition) is 4. The Labute approximate surface area is 98.2 Å². The first-order chi connectivity index (χ1) is 7.20. The van der Waals surface area contributed by atoms with Crippen LogP contribution in [-0.4, -0.2) is 4.98 Å². The van der Waals surface area contributed by atoms with Gasteiger partial charge >= 0.3 is 0 Å². The SMILES string of the molecule is NNc1nc(-c2ccc(Br)cc2F)cs1. The van der Waals surface area contributed by atoms with Crippen molar-refractivity contribution < 1.29 is 4.39 Å². The highest BCUT2D eigenvalue weighted by molar-refractivity contribution is 9.10. The maximum Gasteiger partial charge on any atom is 0.197 e. The molecule has 0 atom stereocenters. The number of anilines is 1. The molecule has 0 spiro atoms. The molecule has 0 aliphatic rings. The number of nitrogens with zero attached hydrogens (tertiary/aromatic N) is 1. The van der Waals surface area contributed by atoms with Gasteiger partial charge in [-0.2, -0.15) is 0 Å². The summed E-state index contributed by atoms with van der Waals surface area (Å²) in [6.45, 7) is 0. The van der Waals surface area contributed by atoms with Crippen LogP contribution in [0.25, 0.3) is 11.3 Å². The van der Waals surface area contributed by atoms with Crippen LogP contribution in [0.1, 0.15) is 0 Å². The van der Waals surface area contributed by atoms with E-state index in [4.69, 9.17) is 5.84 Å². The van der Waals surface area contributed by atoms with Crippen LogP contribution in [0.3, 0.4) is 0 Å². The third kappa shape index (κ3) is 2.17. The Kier molecular flexibility index (Phi) is 2.99. The number of nitrogens with one attached hydrogen (secondary N) is 1. The summed E-state index contributed by atoms with van der Waals surface area (Å²) in [4.78, 5) is 4.12. The second-order valence-electron chi connectivity index (χ2n) is 2.81. The van der Waals surface area contributed by atoms with Gasteiger partial charge in [-0.15, -0.1) is 11.3 Å². The van der Waals surface area contributed by atoms with E-state index in [1.807, 2.05) is 0 Å².